The molecule has 0 spiro atoms. The summed E-state index contributed by atoms with van der Waals surface area (Å²) >= 11 is 6.45. The highest BCUT2D eigenvalue weighted by Gasteiger charge is 2.37. The van der Waals surface area contributed by atoms with E-state index in [-0.39, 0.29) is 51.7 Å². The second-order valence-corrected chi connectivity index (χ2v) is 11.3. The second-order valence-electron chi connectivity index (χ2n) is 10.8. The van der Waals surface area contributed by atoms with Crippen LogP contribution in [0, 0.1) is 0 Å². The number of hydrogen-bond donors (Lipinski definition) is 0. The topological polar surface area (TPSA) is 105 Å². The number of hydrogen-bond acceptors (Lipinski definition) is 8. The molecule has 3 aromatic heterocycles. The summed E-state index contributed by atoms with van der Waals surface area (Å²) < 4.78 is 99.9. The molecule has 0 radical (unpaired) electrons. The Morgan fingerprint density at radius 3 is 2.33 bits per heavy atom. The fourth-order valence-corrected chi connectivity index (χ4v) is 5.50. The maximum Gasteiger partial charge on any atom is 0.416 e. The molecule has 6 rings (SSSR count). The zero-order valence-corrected chi connectivity index (χ0v) is 25.4. The third-order valence-corrected chi connectivity index (χ3v) is 7.87. The van der Waals surface area contributed by atoms with Crippen LogP contribution >= 0.6 is 11.6 Å². The van der Waals surface area contributed by atoms with Gasteiger partial charge in [0.2, 0.25) is 5.78 Å². The van der Waals surface area contributed by atoms with Crippen LogP contribution in [0.15, 0.2) is 71.5 Å². The van der Waals surface area contributed by atoms with Gasteiger partial charge in [-0.15, -0.1) is 5.10 Å². The molecule has 1 saturated heterocycles. The maximum atomic E-state index is 14.5. The van der Waals surface area contributed by atoms with Crippen LogP contribution in [0.25, 0.3) is 22.6 Å². The minimum absolute atomic E-state index is 0.00200. The van der Waals surface area contributed by atoms with Crippen molar-refractivity contribution in [2.45, 2.75) is 51.1 Å². The number of alkyl halides is 6. The average molecular weight is 692 g/mol. The Balaban J connectivity index is 1.46. The summed E-state index contributed by atoms with van der Waals surface area (Å²) in [6, 6.07) is 10.8. The zero-order valence-electron chi connectivity index (χ0n) is 24.7. The van der Waals surface area contributed by atoms with Crippen LogP contribution in [0.5, 0.6) is 0 Å². The van der Waals surface area contributed by atoms with Gasteiger partial charge in [-0.2, -0.15) is 26.3 Å². The van der Waals surface area contributed by atoms with Crippen LogP contribution in [0.2, 0.25) is 5.02 Å². The van der Waals surface area contributed by atoms with Gasteiger partial charge in [-0.3, -0.25) is 9.78 Å². The van der Waals surface area contributed by atoms with Crippen molar-refractivity contribution in [3.8, 4) is 22.6 Å². The molecule has 48 heavy (non-hydrogen) atoms. The molecule has 4 heterocycles. The van der Waals surface area contributed by atoms with Crippen LogP contribution in [-0.2, 0) is 35.0 Å². The number of nitrogens with zero attached hydrogens (tertiary/aromatic N) is 5. The average Bonchev–Trinajstić information content (AvgIpc) is 3.68. The number of ketones is 1. The summed E-state index contributed by atoms with van der Waals surface area (Å²) in [4.78, 5) is 18.4. The number of aromatic nitrogens is 5. The van der Waals surface area contributed by atoms with Crippen molar-refractivity contribution >= 4 is 17.4 Å². The molecule has 1 aliphatic heterocycles. The van der Waals surface area contributed by atoms with E-state index in [0.717, 1.165) is 17.5 Å². The molecule has 1 fully saturated rings. The zero-order chi connectivity index (χ0) is 34.1. The molecule has 250 valence electrons. The van der Waals surface area contributed by atoms with E-state index < -0.39 is 42.1 Å². The van der Waals surface area contributed by atoms with E-state index in [1.807, 2.05) is 0 Å². The first-order valence-electron chi connectivity index (χ1n) is 14.5. The number of ether oxygens (including phenoxy) is 2. The molecule has 0 aliphatic carbocycles. The maximum absolute atomic E-state index is 14.5. The van der Waals surface area contributed by atoms with Crippen molar-refractivity contribution in [2.75, 3.05) is 6.61 Å². The predicted octanol–water partition coefficient (Wildman–Crippen LogP) is 8.01. The number of halogens is 7. The molecule has 5 aromatic rings. The summed E-state index contributed by atoms with van der Waals surface area (Å²) in [7, 11) is 0. The van der Waals surface area contributed by atoms with Crippen molar-refractivity contribution in [2.24, 2.45) is 0 Å². The van der Waals surface area contributed by atoms with E-state index >= 15 is 0 Å². The second kappa shape index (κ2) is 13.5. The molecule has 0 amide bonds. The smallest absolute Gasteiger partial charge is 0.355 e. The summed E-state index contributed by atoms with van der Waals surface area (Å²) in [6.07, 6.45) is -5.47. The van der Waals surface area contributed by atoms with Crippen LogP contribution in [0.3, 0.4) is 0 Å². The number of rotatable bonds is 9. The van der Waals surface area contributed by atoms with Gasteiger partial charge in [0.25, 0.3) is 0 Å². The van der Waals surface area contributed by atoms with Gasteiger partial charge in [0.1, 0.15) is 11.4 Å². The molecule has 16 heteroatoms. The Labute approximate surface area is 273 Å². The Kier molecular flexibility index (Phi) is 9.36. The third-order valence-electron chi connectivity index (χ3n) is 7.54. The Hall–Kier alpha value is -4.60. The summed E-state index contributed by atoms with van der Waals surface area (Å²) in [5.74, 6) is -0.760. The van der Waals surface area contributed by atoms with Gasteiger partial charge in [0.15, 0.2) is 17.7 Å². The normalized spacial score (nSPS) is 15.5. The lowest BCUT2D eigenvalue weighted by molar-refractivity contribution is -0.169. The minimum Gasteiger partial charge on any atom is -0.355 e. The van der Waals surface area contributed by atoms with Gasteiger partial charge >= 0.3 is 12.4 Å². The first kappa shape index (κ1) is 33.3. The SMILES string of the molecule is O=C(c1nnn(Cc2cc(C(F)(F)F)cc(C(F)(F)F)c2)c1-c1ccncc1)c1c(COC2CCCCO2)noc1-c1ccccc1Cl. The van der Waals surface area contributed by atoms with Crippen LogP contribution in [-0.4, -0.2) is 43.8 Å². The summed E-state index contributed by atoms with van der Waals surface area (Å²) in [5.41, 5.74) is -2.98. The fraction of sp³-hybridized carbons (Fsp3) is 0.281. The first-order valence-corrected chi connectivity index (χ1v) is 14.9. The van der Waals surface area contributed by atoms with Crippen molar-refractivity contribution in [3.05, 3.63) is 106 Å². The van der Waals surface area contributed by atoms with Crippen LogP contribution in [0.1, 0.15) is 57.7 Å². The van der Waals surface area contributed by atoms with Crippen molar-refractivity contribution < 1.29 is 45.1 Å². The third kappa shape index (κ3) is 7.12. The monoisotopic (exact) mass is 691 g/mol. The molecule has 2 aromatic carbocycles. The van der Waals surface area contributed by atoms with E-state index in [2.05, 4.69) is 20.5 Å². The fourth-order valence-electron chi connectivity index (χ4n) is 5.27. The highest BCUT2D eigenvalue weighted by atomic mass is 35.5. The minimum atomic E-state index is -5.06. The summed E-state index contributed by atoms with van der Waals surface area (Å²) in [5, 5.41) is 12.4. The Morgan fingerprint density at radius 1 is 0.979 bits per heavy atom. The largest absolute Gasteiger partial charge is 0.416 e. The van der Waals surface area contributed by atoms with Crippen LogP contribution in [0.4, 0.5) is 26.3 Å². The van der Waals surface area contributed by atoms with Gasteiger partial charge in [-0.05, 0) is 67.3 Å². The number of benzene rings is 2. The van der Waals surface area contributed by atoms with E-state index in [1.54, 1.807) is 24.3 Å². The van der Waals surface area contributed by atoms with Crippen molar-refractivity contribution in [1.82, 2.24) is 25.1 Å². The van der Waals surface area contributed by atoms with E-state index in [4.69, 9.17) is 25.6 Å². The molecule has 1 atom stereocenters. The predicted molar refractivity (Wildman–Crippen MR) is 158 cm³/mol. The van der Waals surface area contributed by atoms with Crippen molar-refractivity contribution in [3.63, 3.8) is 0 Å². The molecule has 0 saturated carbocycles. The van der Waals surface area contributed by atoms with Gasteiger partial charge < -0.3 is 14.0 Å². The highest BCUT2D eigenvalue weighted by Crippen LogP contribution is 2.38. The van der Waals surface area contributed by atoms with E-state index in [9.17, 15) is 31.1 Å². The molecule has 0 bridgehead atoms. The van der Waals surface area contributed by atoms with Gasteiger partial charge in [-0.25, -0.2) is 4.68 Å². The number of carbonyl (C=O) groups is 1. The van der Waals surface area contributed by atoms with E-state index in [1.165, 1.54) is 24.5 Å². The molecular formula is C32H24ClF6N5O4. The first-order chi connectivity index (χ1) is 22.9. The molecule has 0 N–H and O–H groups in total. The van der Waals surface area contributed by atoms with Gasteiger partial charge in [0, 0.05) is 30.1 Å². The quantitative estimate of drug-likeness (QED) is 0.113. The molecular weight excluding hydrogens is 668 g/mol. The number of pyridine rings is 1. The summed E-state index contributed by atoms with van der Waals surface area (Å²) in [6.45, 7) is -0.279. The van der Waals surface area contributed by atoms with Crippen LogP contribution < -0.4 is 0 Å². The lowest BCUT2D eigenvalue weighted by atomic mass is 9.98. The Morgan fingerprint density at radius 2 is 1.69 bits per heavy atom. The molecule has 9 nitrogen and oxygen atoms in total. The standard InChI is InChI=1S/C32H24ClF6N5O4/c33-23-6-2-1-5-22(23)30-26(24(42-48-30)17-47-25-7-3-4-12-46-25)29(45)27-28(19-8-10-40-11-9-19)44(43-41-27)16-18-13-20(31(34,35)36)15-21(14-18)32(37,38)39/h1-2,5-6,8-11,13-15,25H,3-4,7,12,16-17H2. The lowest BCUT2D eigenvalue weighted by Crippen LogP contribution is -2.22. The lowest BCUT2D eigenvalue weighted by Gasteiger charge is -2.22. The Bertz CT molecular complexity index is 1890. The van der Waals surface area contributed by atoms with Gasteiger partial charge in [-0.1, -0.05) is 34.1 Å². The van der Waals surface area contributed by atoms with Crippen molar-refractivity contribution in [1.29, 1.82) is 0 Å². The van der Waals surface area contributed by atoms with E-state index in [0.29, 0.717) is 36.3 Å². The van der Waals surface area contributed by atoms with Gasteiger partial charge in [0.05, 0.1) is 34.9 Å². The number of carbonyl (C=O) groups excluding carboxylic acids is 1. The molecule has 1 unspecified atom stereocenters. The molecule has 1 aliphatic rings. The highest BCUT2D eigenvalue weighted by molar-refractivity contribution is 6.33.